The number of carbonyl (C=O) groups is 1. The summed E-state index contributed by atoms with van der Waals surface area (Å²) in [5.41, 5.74) is 1.04. The van der Waals surface area contributed by atoms with Gasteiger partial charge in [0, 0.05) is 25.0 Å². The molecule has 3 rings (SSSR count). The molecule has 2 fully saturated rings. The van der Waals surface area contributed by atoms with Gasteiger partial charge >= 0.3 is 0 Å². The lowest BCUT2D eigenvalue weighted by Gasteiger charge is -2.32. The molecule has 1 saturated carbocycles. The Balaban J connectivity index is 1.53. The van der Waals surface area contributed by atoms with E-state index in [1.54, 1.807) is 12.1 Å². The number of rotatable bonds is 7. The summed E-state index contributed by atoms with van der Waals surface area (Å²) in [5, 5.41) is 3.29. The lowest BCUT2D eigenvalue weighted by atomic mass is 9.94. The summed E-state index contributed by atoms with van der Waals surface area (Å²) in [6.45, 7) is 4.98. The van der Waals surface area contributed by atoms with Crippen molar-refractivity contribution in [2.75, 3.05) is 13.1 Å². The van der Waals surface area contributed by atoms with Crippen molar-refractivity contribution in [3.8, 4) is 0 Å². The van der Waals surface area contributed by atoms with E-state index in [2.05, 4.69) is 12.2 Å². The van der Waals surface area contributed by atoms with E-state index in [-0.39, 0.29) is 11.8 Å². The fraction of sp³-hybridized carbons (Fsp3) is 0.682. The zero-order valence-electron chi connectivity index (χ0n) is 17.2. The van der Waals surface area contributed by atoms with Crippen LogP contribution in [0.5, 0.6) is 0 Å². The van der Waals surface area contributed by atoms with Gasteiger partial charge < -0.3 is 5.32 Å². The Labute approximate surface area is 169 Å². The zero-order valence-corrected chi connectivity index (χ0v) is 18.0. The first-order valence-corrected chi connectivity index (χ1v) is 12.2. The molecular weight excluding hydrogens is 372 g/mol. The molecule has 156 valence electrons. The predicted octanol–water partition coefficient (Wildman–Crippen LogP) is 3.87. The van der Waals surface area contributed by atoms with Gasteiger partial charge in [-0.1, -0.05) is 43.9 Å². The Morgan fingerprint density at radius 2 is 1.79 bits per heavy atom. The van der Waals surface area contributed by atoms with Crippen molar-refractivity contribution in [3.63, 3.8) is 0 Å². The van der Waals surface area contributed by atoms with Gasteiger partial charge in [0.15, 0.2) is 0 Å². The van der Waals surface area contributed by atoms with Gasteiger partial charge in [0.05, 0.1) is 4.90 Å². The third kappa shape index (κ3) is 4.95. The molecule has 6 heteroatoms. The molecule has 0 bridgehead atoms. The fourth-order valence-electron chi connectivity index (χ4n) is 4.56. The average Bonchev–Trinajstić information content (AvgIpc) is 3.13. The highest BCUT2D eigenvalue weighted by Crippen LogP contribution is 2.31. The number of unbranched alkanes of at least 4 members (excludes halogenated alkanes) is 1. The number of carbonyl (C=O) groups excluding carboxylic acids is 1. The van der Waals surface area contributed by atoms with Crippen LogP contribution in [0.1, 0.15) is 63.9 Å². The molecule has 28 heavy (non-hydrogen) atoms. The molecule has 0 aromatic heterocycles. The molecule has 2 unspecified atom stereocenters. The maximum Gasteiger partial charge on any atom is 0.243 e. The third-order valence-corrected chi connectivity index (χ3v) is 8.31. The SMILES string of the molecule is CCCCC1CCCC1NC(=O)C1CCN(S(=O)(=O)c2ccc(C)cc2)CC1. The van der Waals surface area contributed by atoms with Crippen molar-refractivity contribution in [1.82, 2.24) is 9.62 Å². The van der Waals surface area contributed by atoms with E-state index < -0.39 is 10.0 Å². The Morgan fingerprint density at radius 1 is 1.11 bits per heavy atom. The van der Waals surface area contributed by atoms with Gasteiger partial charge in [-0.25, -0.2) is 8.42 Å². The molecule has 1 amide bonds. The van der Waals surface area contributed by atoms with Crippen molar-refractivity contribution in [1.29, 1.82) is 0 Å². The molecule has 1 heterocycles. The maximum atomic E-state index is 12.8. The number of piperidine rings is 1. The second-order valence-electron chi connectivity index (χ2n) is 8.44. The van der Waals surface area contributed by atoms with Crippen LogP contribution in [0.3, 0.4) is 0 Å². The van der Waals surface area contributed by atoms with E-state index in [1.165, 1.54) is 36.4 Å². The number of hydrogen-bond donors (Lipinski definition) is 1. The molecule has 0 radical (unpaired) electrons. The van der Waals surface area contributed by atoms with E-state index in [0.717, 1.165) is 12.0 Å². The zero-order chi connectivity index (χ0) is 20.1. The first kappa shape index (κ1) is 21.3. The smallest absolute Gasteiger partial charge is 0.243 e. The van der Waals surface area contributed by atoms with E-state index in [4.69, 9.17) is 0 Å². The molecule has 0 spiro atoms. The highest BCUT2D eigenvalue weighted by atomic mass is 32.2. The van der Waals surface area contributed by atoms with Crippen LogP contribution in [0.4, 0.5) is 0 Å². The predicted molar refractivity (Wildman–Crippen MR) is 111 cm³/mol. The minimum Gasteiger partial charge on any atom is -0.353 e. The number of sulfonamides is 1. The highest BCUT2D eigenvalue weighted by Gasteiger charge is 2.34. The molecule has 2 atom stereocenters. The first-order valence-electron chi connectivity index (χ1n) is 10.8. The number of hydrogen-bond acceptors (Lipinski definition) is 3. The lowest BCUT2D eigenvalue weighted by molar-refractivity contribution is -0.127. The standard InChI is InChI=1S/C22H34N2O3S/c1-3-4-6-18-7-5-8-21(18)23-22(25)19-13-15-24(16-14-19)28(26,27)20-11-9-17(2)10-12-20/h9-12,18-19,21H,3-8,13-16H2,1-2H3,(H,23,25). The number of nitrogens with zero attached hydrogens (tertiary/aromatic N) is 1. The van der Waals surface area contributed by atoms with Gasteiger partial charge in [-0.3, -0.25) is 4.79 Å². The molecule has 1 aromatic rings. The first-order chi connectivity index (χ1) is 13.4. The van der Waals surface area contributed by atoms with Crippen LogP contribution in [-0.4, -0.2) is 37.8 Å². The van der Waals surface area contributed by atoms with Gasteiger partial charge in [-0.05, 0) is 57.1 Å². The van der Waals surface area contributed by atoms with Crippen LogP contribution in [0.25, 0.3) is 0 Å². The van der Waals surface area contributed by atoms with Gasteiger partial charge in [0.1, 0.15) is 0 Å². The van der Waals surface area contributed by atoms with E-state index >= 15 is 0 Å². The number of aryl methyl sites for hydroxylation is 1. The topological polar surface area (TPSA) is 66.5 Å². The molecule has 1 N–H and O–H groups in total. The highest BCUT2D eigenvalue weighted by molar-refractivity contribution is 7.89. The summed E-state index contributed by atoms with van der Waals surface area (Å²) in [7, 11) is -3.47. The van der Waals surface area contributed by atoms with Crippen molar-refractivity contribution in [2.24, 2.45) is 11.8 Å². The van der Waals surface area contributed by atoms with Gasteiger partial charge in [0.25, 0.3) is 0 Å². The molecule has 1 aliphatic carbocycles. The normalized spacial score (nSPS) is 24.4. The van der Waals surface area contributed by atoms with Crippen LogP contribution in [-0.2, 0) is 14.8 Å². The van der Waals surface area contributed by atoms with Crippen LogP contribution in [0.2, 0.25) is 0 Å². The minimum absolute atomic E-state index is 0.0723. The molecule has 1 aliphatic heterocycles. The summed E-state index contributed by atoms with van der Waals surface area (Å²) >= 11 is 0. The molecule has 1 aromatic carbocycles. The van der Waals surface area contributed by atoms with Gasteiger partial charge in [-0.2, -0.15) is 4.31 Å². The molecule has 5 nitrogen and oxygen atoms in total. The van der Waals surface area contributed by atoms with Gasteiger partial charge in [-0.15, -0.1) is 0 Å². The van der Waals surface area contributed by atoms with E-state index in [0.29, 0.717) is 42.8 Å². The van der Waals surface area contributed by atoms with Crippen LogP contribution in [0.15, 0.2) is 29.2 Å². The van der Waals surface area contributed by atoms with Crippen LogP contribution >= 0.6 is 0 Å². The second kappa shape index (κ2) is 9.40. The van der Waals surface area contributed by atoms with Crippen LogP contribution in [0, 0.1) is 18.8 Å². The fourth-order valence-corrected chi connectivity index (χ4v) is 6.03. The van der Waals surface area contributed by atoms with E-state index in [1.807, 2.05) is 19.1 Å². The third-order valence-electron chi connectivity index (χ3n) is 6.40. The quantitative estimate of drug-likeness (QED) is 0.747. The van der Waals surface area contributed by atoms with Crippen molar-refractivity contribution >= 4 is 15.9 Å². The largest absolute Gasteiger partial charge is 0.353 e. The average molecular weight is 407 g/mol. The summed E-state index contributed by atoms with van der Waals surface area (Å²) in [6.07, 6.45) is 8.34. The van der Waals surface area contributed by atoms with E-state index in [9.17, 15) is 13.2 Å². The Hall–Kier alpha value is -1.40. The Bertz CT molecular complexity index is 752. The Morgan fingerprint density at radius 3 is 2.43 bits per heavy atom. The number of benzene rings is 1. The van der Waals surface area contributed by atoms with Crippen molar-refractivity contribution in [3.05, 3.63) is 29.8 Å². The second-order valence-corrected chi connectivity index (χ2v) is 10.4. The summed E-state index contributed by atoms with van der Waals surface area (Å²) < 4.78 is 27.2. The molecule has 1 saturated heterocycles. The minimum atomic E-state index is -3.47. The molecule has 2 aliphatic rings. The monoisotopic (exact) mass is 406 g/mol. The summed E-state index contributed by atoms with van der Waals surface area (Å²) in [4.78, 5) is 13.1. The summed E-state index contributed by atoms with van der Waals surface area (Å²) in [6, 6.07) is 7.29. The van der Waals surface area contributed by atoms with Crippen molar-refractivity contribution < 1.29 is 13.2 Å². The summed E-state index contributed by atoms with van der Waals surface area (Å²) in [5.74, 6) is 0.670. The number of nitrogens with one attached hydrogen (secondary N) is 1. The van der Waals surface area contributed by atoms with Crippen molar-refractivity contribution in [2.45, 2.75) is 76.2 Å². The van der Waals surface area contributed by atoms with Crippen LogP contribution < -0.4 is 5.32 Å². The van der Waals surface area contributed by atoms with Gasteiger partial charge in [0.2, 0.25) is 15.9 Å². The maximum absolute atomic E-state index is 12.8. The lowest BCUT2D eigenvalue weighted by Crippen LogP contribution is -2.46. The Kier molecular flexibility index (Phi) is 7.15. The molecular formula is C22H34N2O3S. The number of amides is 1.